The average molecular weight is 431 g/mol. The largest absolute Gasteiger partial charge is 0.455 e. The molecule has 3 aromatic carbocycles. The van der Waals surface area contributed by atoms with Crippen LogP contribution >= 0.6 is 0 Å². The molecule has 0 aliphatic heterocycles. The second-order valence-corrected chi connectivity index (χ2v) is 8.89. The Kier molecular flexibility index (Phi) is 5.89. The second-order valence-electron chi connectivity index (χ2n) is 6.91. The van der Waals surface area contributed by atoms with Crippen LogP contribution in [0.5, 0.6) is 11.5 Å². The van der Waals surface area contributed by atoms with Gasteiger partial charge in [0.05, 0.1) is 0 Å². The number of nitrogens with one attached hydrogen (secondary N) is 1. The molecule has 156 valence electrons. The van der Waals surface area contributed by atoms with Crippen LogP contribution in [0.15, 0.2) is 59.5 Å². The number of halogens is 2. The summed E-state index contributed by atoms with van der Waals surface area (Å²) in [7, 11) is -3.88. The van der Waals surface area contributed by atoms with E-state index in [0.717, 1.165) is 41.6 Å². The van der Waals surface area contributed by atoms with Gasteiger partial charge in [0.15, 0.2) is 21.4 Å². The third-order valence-corrected chi connectivity index (χ3v) is 5.34. The van der Waals surface area contributed by atoms with Gasteiger partial charge in [0.2, 0.25) is 0 Å². The number of carbonyl (C=O) groups is 1. The van der Waals surface area contributed by atoms with E-state index in [-0.39, 0.29) is 17.0 Å². The number of ether oxygens (including phenoxy) is 1. The minimum Gasteiger partial charge on any atom is -0.455 e. The molecule has 5 nitrogen and oxygen atoms in total. The number of anilines is 1. The highest BCUT2D eigenvalue weighted by Crippen LogP contribution is 2.33. The first-order chi connectivity index (χ1) is 14.0. The van der Waals surface area contributed by atoms with Gasteiger partial charge in [-0.2, -0.15) is 0 Å². The Hall–Kier alpha value is -3.26. The first-order valence-electron chi connectivity index (χ1n) is 8.90. The summed E-state index contributed by atoms with van der Waals surface area (Å²) < 4.78 is 57.4. The van der Waals surface area contributed by atoms with Gasteiger partial charge in [-0.05, 0) is 67.4 Å². The van der Waals surface area contributed by atoms with E-state index < -0.39 is 32.3 Å². The summed E-state index contributed by atoms with van der Waals surface area (Å²) in [6.45, 7) is 3.78. The zero-order valence-corrected chi connectivity index (χ0v) is 17.3. The minimum absolute atomic E-state index is 0.0683. The maximum absolute atomic E-state index is 14.5. The highest BCUT2D eigenvalue weighted by atomic mass is 32.2. The SMILES string of the molecule is Cc1cc(C)cc(Oc2cccc(F)c2NC(=O)c2ccc(F)c(S(C)(=O)=O)c2)c1. The highest BCUT2D eigenvalue weighted by Gasteiger charge is 2.19. The van der Waals surface area contributed by atoms with Gasteiger partial charge >= 0.3 is 0 Å². The first-order valence-corrected chi connectivity index (χ1v) is 10.8. The predicted octanol–water partition coefficient (Wildman–Crippen LogP) is 5.03. The van der Waals surface area contributed by atoms with Crippen molar-refractivity contribution in [1.29, 1.82) is 0 Å². The van der Waals surface area contributed by atoms with Crippen molar-refractivity contribution in [1.82, 2.24) is 0 Å². The Labute approximate surface area is 173 Å². The van der Waals surface area contributed by atoms with Gasteiger partial charge in [-0.25, -0.2) is 17.2 Å². The molecular weight excluding hydrogens is 412 g/mol. The van der Waals surface area contributed by atoms with Gasteiger partial charge < -0.3 is 10.1 Å². The van der Waals surface area contributed by atoms with E-state index in [0.29, 0.717) is 5.75 Å². The summed E-state index contributed by atoms with van der Waals surface area (Å²) >= 11 is 0. The summed E-state index contributed by atoms with van der Waals surface area (Å²) in [5.74, 6) is -1.99. The van der Waals surface area contributed by atoms with Crippen LogP contribution in [-0.2, 0) is 9.84 Å². The van der Waals surface area contributed by atoms with E-state index in [1.54, 1.807) is 12.1 Å². The Morgan fingerprint density at radius 2 is 1.60 bits per heavy atom. The van der Waals surface area contributed by atoms with E-state index in [1.165, 1.54) is 12.1 Å². The van der Waals surface area contributed by atoms with Crippen LogP contribution < -0.4 is 10.1 Å². The molecule has 0 aliphatic carbocycles. The zero-order valence-electron chi connectivity index (χ0n) is 16.5. The molecule has 0 spiro atoms. The fraction of sp³-hybridized carbons (Fsp3) is 0.136. The Morgan fingerprint density at radius 3 is 2.23 bits per heavy atom. The number of hydrogen-bond acceptors (Lipinski definition) is 4. The fourth-order valence-corrected chi connectivity index (χ4v) is 3.71. The van der Waals surface area contributed by atoms with E-state index in [4.69, 9.17) is 4.74 Å². The van der Waals surface area contributed by atoms with Crippen LogP contribution in [0, 0.1) is 25.5 Å². The lowest BCUT2D eigenvalue weighted by Gasteiger charge is -2.14. The number of rotatable bonds is 5. The molecule has 0 saturated carbocycles. The quantitative estimate of drug-likeness (QED) is 0.615. The molecule has 0 aliphatic rings. The number of benzene rings is 3. The summed E-state index contributed by atoms with van der Waals surface area (Å²) in [6.07, 6.45) is 0.833. The molecule has 0 heterocycles. The highest BCUT2D eigenvalue weighted by molar-refractivity contribution is 7.90. The van der Waals surface area contributed by atoms with Crippen molar-refractivity contribution in [2.45, 2.75) is 18.7 Å². The summed E-state index contributed by atoms with van der Waals surface area (Å²) in [4.78, 5) is 12.0. The Morgan fingerprint density at radius 1 is 0.933 bits per heavy atom. The second kappa shape index (κ2) is 8.23. The van der Waals surface area contributed by atoms with Crippen molar-refractivity contribution < 1.29 is 26.7 Å². The van der Waals surface area contributed by atoms with Gasteiger partial charge in [-0.15, -0.1) is 0 Å². The number of carbonyl (C=O) groups excluding carboxylic acids is 1. The number of hydrogen-bond donors (Lipinski definition) is 1. The molecule has 3 rings (SSSR count). The van der Waals surface area contributed by atoms with Crippen molar-refractivity contribution >= 4 is 21.4 Å². The van der Waals surface area contributed by atoms with E-state index >= 15 is 0 Å². The molecule has 1 amide bonds. The van der Waals surface area contributed by atoms with Crippen LogP contribution in [0.2, 0.25) is 0 Å². The third kappa shape index (κ3) is 4.83. The molecule has 0 atom stereocenters. The van der Waals surface area contributed by atoms with Gasteiger partial charge in [-0.1, -0.05) is 12.1 Å². The van der Waals surface area contributed by atoms with Crippen molar-refractivity contribution in [3.05, 3.63) is 82.9 Å². The fourth-order valence-electron chi connectivity index (χ4n) is 2.94. The maximum atomic E-state index is 14.5. The smallest absolute Gasteiger partial charge is 0.255 e. The lowest BCUT2D eigenvalue weighted by molar-refractivity contribution is 0.102. The van der Waals surface area contributed by atoms with E-state index in [2.05, 4.69) is 5.32 Å². The van der Waals surface area contributed by atoms with Crippen molar-refractivity contribution in [2.75, 3.05) is 11.6 Å². The van der Waals surface area contributed by atoms with Crippen LogP contribution in [0.1, 0.15) is 21.5 Å². The lowest BCUT2D eigenvalue weighted by atomic mass is 10.1. The zero-order chi connectivity index (χ0) is 22.1. The first kappa shape index (κ1) is 21.4. The number of sulfone groups is 1. The molecular formula is C22H19F2NO4S. The standard InChI is InChI=1S/C22H19F2NO4S/c1-13-9-14(2)11-16(10-13)29-19-6-4-5-18(24)21(19)25-22(26)15-7-8-17(23)20(12-15)30(3,27)28/h4-12H,1-3H3,(H,25,26). The topological polar surface area (TPSA) is 72.5 Å². The summed E-state index contributed by atoms with van der Waals surface area (Å²) in [6, 6.07) is 12.5. The monoisotopic (exact) mass is 431 g/mol. The molecule has 0 aromatic heterocycles. The van der Waals surface area contributed by atoms with E-state index in [1.807, 2.05) is 19.9 Å². The van der Waals surface area contributed by atoms with Crippen molar-refractivity contribution in [2.24, 2.45) is 0 Å². The molecule has 0 unspecified atom stereocenters. The number of amides is 1. The molecule has 1 N–H and O–H groups in total. The molecule has 0 fully saturated rings. The number of aryl methyl sites for hydroxylation is 2. The lowest BCUT2D eigenvalue weighted by Crippen LogP contribution is -2.15. The van der Waals surface area contributed by atoms with Crippen LogP contribution in [-0.4, -0.2) is 20.6 Å². The van der Waals surface area contributed by atoms with Gasteiger partial charge in [-0.3, -0.25) is 4.79 Å². The predicted molar refractivity (Wildman–Crippen MR) is 110 cm³/mol. The van der Waals surface area contributed by atoms with Gasteiger partial charge in [0, 0.05) is 11.8 Å². The molecule has 30 heavy (non-hydrogen) atoms. The Balaban J connectivity index is 1.95. The summed E-state index contributed by atoms with van der Waals surface area (Å²) in [5.41, 5.74) is 1.54. The molecule has 3 aromatic rings. The van der Waals surface area contributed by atoms with Gasteiger partial charge in [0.25, 0.3) is 5.91 Å². The van der Waals surface area contributed by atoms with Gasteiger partial charge in [0.1, 0.15) is 22.1 Å². The normalized spacial score (nSPS) is 11.2. The van der Waals surface area contributed by atoms with Crippen LogP contribution in [0.25, 0.3) is 0 Å². The van der Waals surface area contributed by atoms with Crippen LogP contribution in [0.4, 0.5) is 14.5 Å². The minimum atomic E-state index is -3.88. The Bertz CT molecular complexity index is 1220. The maximum Gasteiger partial charge on any atom is 0.255 e. The van der Waals surface area contributed by atoms with Crippen LogP contribution in [0.3, 0.4) is 0 Å². The summed E-state index contributed by atoms with van der Waals surface area (Å²) in [5, 5.41) is 2.39. The van der Waals surface area contributed by atoms with Crippen molar-refractivity contribution in [3.63, 3.8) is 0 Å². The molecule has 8 heteroatoms. The number of para-hydroxylation sites is 1. The van der Waals surface area contributed by atoms with E-state index in [9.17, 15) is 22.0 Å². The molecule has 0 bridgehead atoms. The third-order valence-electron chi connectivity index (χ3n) is 4.23. The average Bonchev–Trinajstić information content (AvgIpc) is 2.63. The molecule has 0 radical (unpaired) electrons. The van der Waals surface area contributed by atoms with Crippen molar-refractivity contribution in [3.8, 4) is 11.5 Å². The molecule has 0 saturated heterocycles.